The van der Waals surface area contributed by atoms with Crippen LogP contribution in [-0.2, 0) is 28.6 Å². The first kappa shape index (κ1) is 55.4. The van der Waals surface area contributed by atoms with Crippen molar-refractivity contribution in [2.24, 2.45) is 11.8 Å². The lowest BCUT2D eigenvalue weighted by atomic mass is 9.91. The molecule has 57 heavy (non-hydrogen) atoms. The molecule has 0 aromatic carbocycles. The summed E-state index contributed by atoms with van der Waals surface area (Å²) in [6.45, 7) is 11.2. The SMILES string of the molecule is CCCCCCCCCCCCCCCCCC(=O)OCC(COC(=O)CCCCC(CCC)CCCCCC)OC(=O)CCCCC(CCC)CCCCCC. The quantitative estimate of drug-likeness (QED) is 0.0346. The minimum Gasteiger partial charge on any atom is -0.462 e. The van der Waals surface area contributed by atoms with Crippen LogP contribution in [0.1, 0.15) is 279 Å². The molecule has 0 aliphatic rings. The average Bonchev–Trinajstić information content (AvgIpc) is 3.20. The van der Waals surface area contributed by atoms with E-state index in [2.05, 4.69) is 34.6 Å². The van der Waals surface area contributed by atoms with Crippen molar-refractivity contribution in [2.45, 2.75) is 285 Å². The van der Waals surface area contributed by atoms with E-state index in [4.69, 9.17) is 14.2 Å². The zero-order chi connectivity index (χ0) is 41.9. The van der Waals surface area contributed by atoms with Gasteiger partial charge in [0, 0.05) is 19.3 Å². The number of unbranched alkanes of at least 4 members (excludes halogenated alkanes) is 22. The van der Waals surface area contributed by atoms with Gasteiger partial charge in [0.25, 0.3) is 0 Å². The van der Waals surface area contributed by atoms with E-state index in [1.54, 1.807) is 0 Å². The fraction of sp³-hybridized carbons (Fsp3) is 0.941. The van der Waals surface area contributed by atoms with Crippen LogP contribution in [0.4, 0.5) is 0 Å². The van der Waals surface area contributed by atoms with Crippen molar-refractivity contribution in [3.63, 3.8) is 0 Å². The molecule has 0 aliphatic carbocycles. The van der Waals surface area contributed by atoms with Crippen molar-refractivity contribution in [1.29, 1.82) is 0 Å². The fourth-order valence-electron chi connectivity index (χ4n) is 8.32. The summed E-state index contributed by atoms with van der Waals surface area (Å²) in [7, 11) is 0. The maximum absolute atomic E-state index is 12.9. The van der Waals surface area contributed by atoms with Crippen molar-refractivity contribution in [3.05, 3.63) is 0 Å². The third-order valence-electron chi connectivity index (χ3n) is 12.0. The molecule has 338 valence electrons. The summed E-state index contributed by atoms with van der Waals surface area (Å²) in [5.41, 5.74) is 0. The van der Waals surface area contributed by atoms with E-state index in [0.29, 0.717) is 19.3 Å². The molecule has 0 bridgehead atoms. The molecule has 0 aliphatic heterocycles. The minimum atomic E-state index is -0.769. The Hall–Kier alpha value is -1.59. The van der Waals surface area contributed by atoms with Crippen LogP contribution < -0.4 is 0 Å². The van der Waals surface area contributed by atoms with Gasteiger partial charge in [-0.15, -0.1) is 0 Å². The van der Waals surface area contributed by atoms with Gasteiger partial charge in [-0.05, 0) is 31.1 Å². The molecule has 3 atom stereocenters. The molecule has 0 aromatic heterocycles. The van der Waals surface area contributed by atoms with Crippen LogP contribution in [0.2, 0.25) is 0 Å². The van der Waals surface area contributed by atoms with Crippen molar-refractivity contribution < 1.29 is 28.6 Å². The summed E-state index contributed by atoms with van der Waals surface area (Å²) in [5, 5.41) is 0. The Kier molecular flexibility index (Phi) is 42.7. The van der Waals surface area contributed by atoms with E-state index < -0.39 is 6.10 Å². The lowest BCUT2D eigenvalue weighted by Gasteiger charge is -2.19. The zero-order valence-corrected chi connectivity index (χ0v) is 39.0. The molecule has 0 aromatic rings. The lowest BCUT2D eigenvalue weighted by molar-refractivity contribution is -0.167. The van der Waals surface area contributed by atoms with Crippen molar-refractivity contribution >= 4 is 17.9 Å². The summed E-state index contributed by atoms with van der Waals surface area (Å²) in [6, 6.07) is 0. The Morgan fingerprint density at radius 1 is 0.316 bits per heavy atom. The number of carbonyl (C=O) groups is 3. The second-order valence-electron chi connectivity index (χ2n) is 17.7. The monoisotopic (exact) mass is 807 g/mol. The molecule has 0 rings (SSSR count). The molecular formula is C51H98O6. The van der Waals surface area contributed by atoms with Crippen molar-refractivity contribution in [2.75, 3.05) is 13.2 Å². The highest BCUT2D eigenvalue weighted by molar-refractivity contribution is 5.71. The molecule has 0 heterocycles. The predicted molar refractivity (Wildman–Crippen MR) is 243 cm³/mol. The van der Waals surface area contributed by atoms with E-state index in [9.17, 15) is 14.4 Å². The van der Waals surface area contributed by atoms with E-state index in [1.165, 1.54) is 173 Å². The van der Waals surface area contributed by atoms with Gasteiger partial charge in [0.1, 0.15) is 13.2 Å². The summed E-state index contributed by atoms with van der Waals surface area (Å²) in [6.07, 6.45) is 43.4. The molecule has 0 fully saturated rings. The highest BCUT2D eigenvalue weighted by Crippen LogP contribution is 2.24. The standard InChI is InChI=1S/C51H98O6/c1-6-11-14-17-18-19-20-21-22-23-24-25-26-27-30-41-49(52)55-44-48(57-51(54)43-34-32-40-47(36-10-5)38-29-16-13-8-3)45-56-50(53)42-33-31-39-46(35-9-4)37-28-15-12-7-2/h46-48H,6-45H2,1-5H3. The second kappa shape index (κ2) is 44.0. The molecule has 0 N–H and O–H groups in total. The average molecular weight is 807 g/mol. The number of rotatable bonds is 45. The van der Waals surface area contributed by atoms with Crippen molar-refractivity contribution in [1.82, 2.24) is 0 Å². The maximum atomic E-state index is 12.9. The number of ether oxygens (including phenoxy) is 3. The first-order valence-corrected chi connectivity index (χ1v) is 25.4. The number of hydrogen-bond acceptors (Lipinski definition) is 6. The Morgan fingerprint density at radius 2 is 0.596 bits per heavy atom. The summed E-state index contributed by atoms with van der Waals surface area (Å²) >= 11 is 0. The van der Waals surface area contributed by atoms with Gasteiger partial charge in [0.15, 0.2) is 6.10 Å². The first-order valence-electron chi connectivity index (χ1n) is 25.4. The smallest absolute Gasteiger partial charge is 0.306 e. The topological polar surface area (TPSA) is 78.9 Å². The number of hydrogen-bond donors (Lipinski definition) is 0. The molecule has 0 radical (unpaired) electrons. The van der Waals surface area contributed by atoms with Crippen LogP contribution in [0.15, 0.2) is 0 Å². The largest absolute Gasteiger partial charge is 0.462 e. The van der Waals surface area contributed by atoms with Gasteiger partial charge in [-0.1, -0.05) is 240 Å². The highest BCUT2D eigenvalue weighted by atomic mass is 16.6. The maximum Gasteiger partial charge on any atom is 0.306 e. The summed E-state index contributed by atoms with van der Waals surface area (Å²) < 4.78 is 17.0. The van der Waals surface area contributed by atoms with Crippen LogP contribution in [0.25, 0.3) is 0 Å². The molecule has 0 spiro atoms. The summed E-state index contributed by atoms with van der Waals surface area (Å²) in [5.74, 6) is 0.650. The van der Waals surface area contributed by atoms with Crippen molar-refractivity contribution in [3.8, 4) is 0 Å². The number of carbonyl (C=O) groups excluding carboxylic acids is 3. The first-order chi connectivity index (χ1) is 27.9. The van der Waals surface area contributed by atoms with E-state index in [-0.39, 0.29) is 31.1 Å². The minimum absolute atomic E-state index is 0.0658. The van der Waals surface area contributed by atoms with Gasteiger partial charge in [0.05, 0.1) is 0 Å². The summed E-state index contributed by atoms with van der Waals surface area (Å²) in [4.78, 5) is 38.3. The van der Waals surface area contributed by atoms with Crippen LogP contribution >= 0.6 is 0 Å². The van der Waals surface area contributed by atoms with Crippen LogP contribution in [0.3, 0.4) is 0 Å². The Balaban J connectivity index is 4.63. The second-order valence-corrected chi connectivity index (χ2v) is 17.7. The van der Waals surface area contributed by atoms with Gasteiger partial charge < -0.3 is 14.2 Å². The normalized spacial score (nSPS) is 13.0. The Morgan fingerprint density at radius 3 is 0.947 bits per heavy atom. The third kappa shape index (κ3) is 39.6. The lowest BCUT2D eigenvalue weighted by Crippen LogP contribution is -2.30. The van der Waals surface area contributed by atoms with Gasteiger partial charge in [-0.2, -0.15) is 0 Å². The van der Waals surface area contributed by atoms with Crippen LogP contribution in [-0.4, -0.2) is 37.2 Å². The number of esters is 3. The molecule has 3 unspecified atom stereocenters. The van der Waals surface area contributed by atoms with Gasteiger partial charge in [-0.3, -0.25) is 14.4 Å². The molecule has 0 saturated heterocycles. The van der Waals surface area contributed by atoms with Gasteiger partial charge in [-0.25, -0.2) is 0 Å². The van der Waals surface area contributed by atoms with Gasteiger partial charge in [0.2, 0.25) is 0 Å². The van der Waals surface area contributed by atoms with Crippen LogP contribution in [0.5, 0.6) is 0 Å². The van der Waals surface area contributed by atoms with Crippen LogP contribution in [0, 0.1) is 11.8 Å². The third-order valence-corrected chi connectivity index (χ3v) is 12.0. The molecular weight excluding hydrogens is 709 g/mol. The molecule has 6 heteroatoms. The Bertz CT molecular complexity index is 874. The fourth-order valence-corrected chi connectivity index (χ4v) is 8.32. The van der Waals surface area contributed by atoms with E-state index in [0.717, 1.165) is 63.2 Å². The van der Waals surface area contributed by atoms with E-state index in [1.807, 2.05) is 0 Å². The highest BCUT2D eigenvalue weighted by Gasteiger charge is 2.20. The molecule has 0 amide bonds. The zero-order valence-electron chi connectivity index (χ0n) is 39.0. The Labute approximate surface area is 355 Å². The van der Waals surface area contributed by atoms with Gasteiger partial charge >= 0.3 is 17.9 Å². The van der Waals surface area contributed by atoms with E-state index >= 15 is 0 Å². The molecule has 6 nitrogen and oxygen atoms in total. The predicted octanol–water partition coefficient (Wildman–Crippen LogP) is 16.1. The molecule has 0 saturated carbocycles.